The van der Waals surface area contributed by atoms with Crippen molar-refractivity contribution in [3.8, 4) is 11.5 Å². The molecule has 0 saturated carbocycles. The zero-order valence-electron chi connectivity index (χ0n) is 15.8. The van der Waals surface area contributed by atoms with Crippen LogP contribution in [0.2, 0.25) is 0 Å². The standard InChI is InChI=1S/C21H20INO4S/c1-4-26-17-10-15(11-18-20(24)23(3)21(25)28-18)9-16(22)19(17)27-12-14-7-5-13(2)6-8-14/h5-11H,4,12H2,1-3H3/b18-11-. The molecule has 1 aliphatic rings. The van der Waals surface area contributed by atoms with Gasteiger partial charge in [0.2, 0.25) is 0 Å². The van der Waals surface area contributed by atoms with Gasteiger partial charge in [-0.15, -0.1) is 0 Å². The number of hydrogen-bond acceptors (Lipinski definition) is 5. The molecule has 28 heavy (non-hydrogen) atoms. The highest BCUT2D eigenvalue weighted by Gasteiger charge is 2.31. The number of carbonyl (C=O) groups excluding carboxylic acids is 2. The second kappa shape index (κ2) is 9.00. The maximum Gasteiger partial charge on any atom is 0.293 e. The first-order chi connectivity index (χ1) is 13.4. The highest BCUT2D eigenvalue weighted by molar-refractivity contribution is 14.1. The summed E-state index contributed by atoms with van der Waals surface area (Å²) in [4.78, 5) is 25.3. The van der Waals surface area contributed by atoms with Crippen molar-refractivity contribution < 1.29 is 19.1 Å². The summed E-state index contributed by atoms with van der Waals surface area (Å²) in [6.07, 6.45) is 1.71. The highest BCUT2D eigenvalue weighted by atomic mass is 127. The van der Waals surface area contributed by atoms with Crippen molar-refractivity contribution in [3.05, 3.63) is 61.6 Å². The number of halogens is 1. The lowest BCUT2D eigenvalue weighted by Crippen LogP contribution is -2.22. The van der Waals surface area contributed by atoms with E-state index < -0.39 is 0 Å². The topological polar surface area (TPSA) is 55.8 Å². The summed E-state index contributed by atoms with van der Waals surface area (Å²) >= 11 is 3.13. The molecule has 0 bridgehead atoms. The Hall–Kier alpha value is -2.00. The number of aryl methyl sites for hydroxylation is 1. The molecule has 1 heterocycles. The van der Waals surface area contributed by atoms with Gasteiger partial charge in [0.1, 0.15) is 6.61 Å². The van der Waals surface area contributed by atoms with E-state index in [-0.39, 0.29) is 11.1 Å². The van der Waals surface area contributed by atoms with Crippen molar-refractivity contribution in [2.45, 2.75) is 20.5 Å². The van der Waals surface area contributed by atoms with Crippen molar-refractivity contribution in [2.24, 2.45) is 0 Å². The molecule has 0 aliphatic carbocycles. The van der Waals surface area contributed by atoms with E-state index in [1.807, 2.05) is 38.1 Å². The summed E-state index contributed by atoms with van der Waals surface area (Å²) < 4.78 is 12.7. The molecule has 0 aromatic heterocycles. The summed E-state index contributed by atoms with van der Waals surface area (Å²) in [5, 5.41) is -0.269. The maximum absolute atomic E-state index is 12.1. The molecule has 5 nitrogen and oxygen atoms in total. The van der Waals surface area contributed by atoms with Gasteiger partial charge < -0.3 is 9.47 Å². The number of benzene rings is 2. The van der Waals surface area contributed by atoms with E-state index in [1.165, 1.54) is 12.6 Å². The number of amides is 2. The van der Waals surface area contributed by atoms with Crippen LogP contribution in [0.4, 0.5) is 4.79 Å². The molecule has 0 radical (unpaired) electrons. The third kappa shape index (κ3) is 4.70. The van der Waals surface area contributed by atoms with Gasteiger partial charge in [-0.3, -0.25) is 14.5 Å². The Kier molecular flexibility index (Phi) is 6.66. The summed E-state index contributed by atoms with van der Waals surface area (Å²) in [6.45, 7) is 4.88. The number of hydrogen-bond donors (Lipinski definition) is 0. The second-order valence-electron chi connectivity index (χ2n) is 6.28. The number of thioether (sulfide) groups is 1. The van der Waals surface area contributed by atoms with E-state index in [9.17, 15) is 9.59 Å². The molecule has 1 aliphatic heterocycles. The van der Waals surface area contributed by atoms with Crippen LogP contribution < -0.4 is 9.47 Å². The minimum atomic E-state index is -0.289. The number of ether oxygens (including phenoxy) is 2. The van der Waals surface area contributed by atoms with Crippen molar-refractivity contribution in [1.29, 1.82) is 0 Å². The first kappa shape index (κ1) is 20.7. The van der Waals surface area contributed by atoms with Crippen LogP contribution in [0.1, 0.15) is 23.6 Å². The molecular formula is C21H20INO4S. The molecule has 1 saturated heterocycles. The van der Waals surface area contributed by atoms with Crippen molar-refractivity contribution >= 4 is 51.6 Å². The first-order valence-corrected chi connectivity index (χ1v) is 10.6. The molecule has 2 aromatic carbocycles. The van der Waals surface area contributed by atoms with Gasteiger partial charge in [-0.25, -0.2) is 0 Å². The van der Waals surface area contributed by atoms with Crippen LogP contribution in [0, 0.1) is 10.5 Å². The molecule has 0 spiro atoms. The lowest BCUT2D eigenvalue weighted by atomic mass is 10.1. The van der Waals surface area contributed by atoms with Gasteiger partial charge in [0.15, 0.2) is 11.5 Å². The summed E-state index contributed by atoms with van der Waals surface area (Å²) in [5.74, 6) is 0.995. The summed E-state index contributed by atoms with van der Waals surface area (Å²) in [5.41, 5.74) is 3.06. The number of rotatable bonds is 6. The molecule has 2 amide bonds. The summed E-state index contributed by atoms with van der Waals surface area (Å²) in [6, 6.07) is 11.9. The predicted octanol–water partition coefficient (Wildman–Crippen LogP) is 5.24. The average molecular weight is 509 g/mol. The predicted molar refractivity (Wildman–Crippen MR) is 120 cm³/mol. The Labute approximate surface area is 182 Å². The third-order valence-corrected chi connectivity index (χ3v) is 5.88. The monoisotopic (exact) mass is 509 g/mol. The Morgan fingerprint density at radius 3 is 2.46 bits per heavy atom. The van der Waals surface area contributed by atoms with Crippen molar-refractivity contribution in [2.75, 3.05) is 13.7 Å². The number of nitrogens with zero attached hydrogens (tertiary/aromatic N) is 1. The molecular weight excluding hydrogens is 489 g/mol. The van der Waals surface area contributed by atoms with Crippen LogP contribution in [0.15, 0.2) is 41.3 Å². The van der Waals surface area contributed by atoms with Crippen LogP contribution in [-0.4, -0.2) is 29.7 Å². The summed E-state index contributed by atoms with van der Waals surface area (Å²) in [7, 11) is 1.48. The molecule has 146 valence electrons. The lowest BCUT2D eigenvalue weighted by Gasteiger charge is -2.15. The lowest BCUT2D eigenvalue weighted by molar-refractivity contribution is -0.121. The molecule has 0 unspecified atom stereocenters. The van der Waals surface area contributed by atoms with E-state index in [2.05, 4.69) is 34.7 Å². The van der Waals surface area contributed by atoms with Gasteiger partial charge in [-0.2, -0.15) is 0 Å². The Morgan fingerprint density at radius 2 is 1.86 bits per heavy atom. The van der Waals surface area contributed by atoms with E-state index in [0.717, 1.165) is 31.4 Å². The quantitative estimate of drug-likeness (QED) is 0.394. The van der Waals surface area contributed by atoms with Crippen LogP contribution in [-0.2, 0) is 11.4 Å². The van der Waals surface area contributed by atoms with E-state index in [1.54, 1.807) is 6.08 Å². The zero-order valence-corrected chi connectivity index (χ0v) is 18.8. The van der Waals surface area contributed by atoms with E-state index >= 15 is 0 Å². The first-order valence-electron chi connectivity index (χ1n) is 8.75. The van der Waals surface area contributed by atoms with Crippen LogP contribution in [0.3, 0.4) is 0 Å². The molecule has 2 aromatic rings. The smallest absolute Gasteiger partial charge is 0.293 e. The molecule has 3 rings (SSSR count). The fourth-order valence-corrected chi connectivity index (χ4v) is 4.22. The Morgan fingerprint density at radius 1 is 1.14 bits per heavy atom. The van der Waals surface area contributed by atoms with Crippen molar-refractivity contribution in [1.82, 2.24) is 4.90 Å². The number of likely N-dealkylation sites (N-methyl/N-ethyl adjacent to an activating group) is 1. The average Bonchev–Trinajstić information content (AvgIpc) is 2.89. The zero-order chi connectivity index (χ0) is 20.3. The molecule has 1 fully saturated rings. The van der Waals surface area contributed by atoms with Gasteiger partial charge in [0, 0.05) is 7.05 Å². The minimum Gasteiger partial charge on any atom is -0.490 e. The fourth-order valence-electron chi connectivity index (χ4n) is 2.61. The van der Waals surface area contributed by atoms with Crippen LogP contribution in [0.5, 0.6) is 11.5 Å². The van der Waals surface area contributed by atoms with Crippen LogP contribution in [0.25, 0.3) is 6.08 Å². The minimum absolute atomic E-state index is 0.269. The SMILES string of the molecule is CCOc1cc(/C=C2\SC(=O)N(C)C2=O)cc(I)c1OCc1ccc(C)cc1. The largest absolute Gasteiger partial charge is 0.490 e. The fraction of sp³-hybridized carbons (Fsp3) is 0.238. The molecule has 7 heteroatoms. The van der Waals surface area contributed by atoms with E-state index in [0.29, 0.717) is 29.6 Å². The van der Waals surface area contributed by atoms with Gasteiger partial charge in [0.05, 0.1) is 15.1 Å². The second-order valence-corrected chi connectivity index (χ2v) is 8.43. The normalized spacial score (nSPS) is 15.4. The maximum atomic E-state index is 12.1. The van der Waals surface area contributed by atoms with Gasteiger partial charge in [0.25, 0.3) is 11.1 Å². The Bertz CT molecular complexity index is 940. The van der Waals surface area contributed by atoms with Gasteiger partial charge >= 0.3 is 0 Å². The highest BCUT2D eigenvalue weighted by Crippen LogP contribution is 2.37. The van der Waals surface area contributed by atoms with Gasteiger partial charge in [-0.05, 0) is 77.5 Å². The third-order valence-electron chi connectivity index (χ3n) is 4.12. The Balaban J connectivity index is 1.86. The molecule has 0 atom stereocenters. The number of carbonyl (C=O) groups is 2. The number of imide groups is 1. The van der Waals surface area contributed by atoms with E-state index in [4.69, 9.17) is 9.47 Å². The van der Waals surface area contributed by atoms with Crippen molar-refractivity contribution in [3.63, 3.8) is 0 Å². The van der Waals surface area contributed by atoms with Crippen LogP contribution >= 0.6 is 34.4 Å². The van der Waals surface area contributed by atoms with Gasteiger partial charge in [-0.1, -0.05) is 29.8 Å². The molecule has 0 N–H and O–H groups in total.